The van der Waals surface area contributed by atoms with Gasteiger partial charge in [-0.1, -0.05) is 6.07 Å². The summed E-state index contributed by atoms with van der Waals surface area (Å²) < 4.78 is 5.70. The summed E-state index contributed by atoms with van der Waals surface area (Å²) in [5, 5.41) is 2.01. The highest BCUT2D eigenvalue weighted by molar-refractivity contribution is 7.10. The predicted molar refractivity (Wildman–Crippen MR) is 86.7 cm³/mol. The van der Waals surface area contributed by atoms with Crippen molar-refractivity contribution in [3.05, 3.63) is 52.5 Å². The Morgan fingerprint density at radius 2 is 2.23 bits per heavy atom. The fourth-order valence-electron chi connectivity index (χ4n) is 2.67. The maximum atomic E-state index is 12.7. The van der Waals surface area contributed by atoms with Gasteiger partial charge in [0.15, 0.2) is 0 Å². The monoisotopic (exact) mass is 316 g/mol. The van der Waals surface area contributed by atoms with E-state index in [0.29, 0.717) is 19.5 Å². The molecular formula is C17H20N2O2S. The quantitative estimate of drug-likeness (QED) is 0.823. The number of aromatic nitrogens is 1. The first-order valence-electron chi connectivity index (χ1n) is 7.62. The van der Waals surface area contributed by atoms with Gasteiger partial charge >= 0.3 is 0 Å². The van der Waals surface area contributed by atoms with Crippen LogP contribution in [0.15, 0.2) is 42.0 Å². The van der Waals surface area contributed by atoms with Crippen LogP contribution in [0.25, 0.3) is 0 Å². The van der Waals surface area contributed by atoms with Crippen molar-refractivity contribution in [3.63, 3.8) is 0 Å². The van der Waals surface area contributed by atoms with Crippen LogP contribution in [0.4, 0.5) is 0 Å². The molecule has 116 valence electrons. The summed E-state index contributed by atoms with van der Waals surface area (Å²) in [5.74, 6) is 0.162. The fourth-order valence-corrected chi connectivity index (χ4v) is 3.37. The smallest absolute Gasteiger partial charge is 0.228 e. The van der Waals surface area contributed by atoms with Crippen molar-refractivity contribution in [1.82, 2.24) is 9.88 Å². The third-order valence-corrected chi connectivity index (χ3v) is 4.71. The summed E-state index contributed by atoms with van der Waals surface area (Å²) in [5.41, 5.74) is 1.10. The molecule has 1 saturated heterocycles. The fraction of sp³-hybridized carbons (Fsp3) is 0.412. The lowest BCUT2D eigenvalue weighted by molar-refractivity contribution is -0.132. The van der Waals surface area contributed by atoms with E-state index in [9.17, 15) is 4.79 Å². The Morgan fingerprint density at radius 1 is 1.36 bits per heavy atom. The third kappa shape index (κ3) is 4.15. The Morgan fingerprint density at radius 3 is 2.91 bits per heavy atom. The van der Waals surface area contributed by atoms with E-state index in [1.165, 1.54) is 0 Å². The number of thiophene rings is 1. The van der Waals surface area contributed by atoms with E-state index in [2.05, 4.69) is 4.98 Å². The van der Waals surface area contributed by atoms with Crippen LogP contribution in [0.2, 0.25) is 0 Å². The number of rotatable bonds is 6. The molecule has 0 N–H and O–H groups in total. The van der Waals surface area contributed by atoms with E-state index in [4.69, 9.17) is 4.74 Å². The molecule has 2 aromatic rings. The number of pyridine rings is 1. The van der Waals surface area contributed by atoms with Crippen LogP contribution < -0.4 is 0 Å². The maximum absolute atomic E-state index is 12.7. The number of nitrogens with zero attached hydrogens (tertiary/aromatic N) is 2. The SMILES string of the molecule is O=C(Cc1cccs1)N(Cc1ccncc1)CC1CCCO1. The number of amides is 1. The molecule has 0 aromatic carbocycles. The van der Waals surface area contributed by atoms with Crippen molar-refractivity contribution in [2.45, 2.75) is 31.9 Å². The summed E-state index contributed by atoms with van der Waals surface area (Å²) in [6.07, 6.45) is 6.31. The molecule has 3 rings (SSSR count). The normalized spacial score (nSPS) is 17.5. The van der Waals surface area contributed by atoms with Crippen LogP contribution in [0.1, 0.15) is 23.3 Å². The molecule has 1 aliphatic heterocycles. The number of ether oxygens (including phenoxy) is 1. The molecule has 0 bridgehead atoms. The van der Waals surface area contributed by atoms with Crippen LogP contribution >= 0.6 is 11.3 Å². The molecule has 1 aliphatic rings. The van der Waals surface area contributed by atoms with Gasteiger partial charge in [-0.2, -0.15) is 0 Å². The standard InChI is InChI=1S/C17H20N2O2S/c20-17(11-16-4-2-10-22-16)19(13-15-3-1-9-21-15)12-14-5-7-18-8-6-14/h2,4-8,10,15H,1,3,9,11-13H2. The zero-order chi connectivity index (χ0) is 15.2. The van der Waals surface area contributed by atoms with Crippen LogP contribution in [-0.4, -0.2) is 35.0 Å². The van der Waals surface area contributed by atoms with Crippen LogP contribution in [0, 0.1) is 0 Å². The van der Waals surface area contributed by atoms with Gasteiger partial charge in [0.05, 0.1) is 12.5 Å². The molecule has 1 fully saturated rings. The number of hydrogen-bond donors (Lipinski definition) is 0. The van der Waals surface area contributed by atoms with Crippen molar-refractivity contribution in [2.75, 3.05) is 13.2 Å². The van der Waals surface area contributed by atoms with Crippen molar-refractivity contribution in [1.29, 1.82) is 0 Å². The Bertz CT molecular complexity index is 580. The zero-order valence-corrected chi connectivity index (χ0v) is 13.3. The van der Waals surface area contributed by atoms with Gasteiger partial charge in [0.25, 0.3) is 0 Å². The number of carbonyl (C=O) groups excluding carboxylic acids is 1. The predicted octanol–water partition coefficient (Wildman–Crippen LogP) is 2.89. The van der Waals surface area contributed by atoms with Crippen molar-refractivity contribution >= 4 is 17.2 Å². The Balaban J connectivity index is 1.68. The van der Waals surface area contributed by atoms with Gasteiger partial charge in [0.1, 0.15) is 0 Å². The average Bonchev–Trinajstić information content (AvgIpc) is 3.21. The van der Waals surface area contributed by atoms with E-state index >= 15 is 0 Å². The Kier molecular flexibility index (Phi) is 5.19. The third-order valence-electron chi connectivity index (χ3n) is 3.83. The summed E-state index contributed by atoms with van der Waals surface area (Å²) in [6.45, 7) is 2.10. The molecule has 2 aromatic heterocycles. The lowest BCUT2D eigenvalue weighted by Crippen LogP contribution is -2.37. The minimum atomic E-state index is 0.162. The molecule has 5 heteroatoms. The van der Waals surface area contributed by atoms with Gasteiger partial charge in [-0.05, 0) is 42.0 Å². The summed E-state index contributed by atoms with van der Waals surface area (Å²) in [7, 11) is 0. The maximum Gasteiger partial charge on any atom is 0.228 e. The van der Waals surface area contributed by atoms with Crippen LogP contribution in [0.3, 0.4) is 0 Å². The second kappa shape index (κ2) is 7.51. The minimum Gasteiger partial charge on any atom is -0.376 e. The van der Waals surface area contributed by atoms with E-state index in [1.807, 2.05) is 34.5 Å². The largest absolute Gasteiger partial charge is 0.376 e. The van der Waals surface area contributed by atoms with Crippen molar-refractivity contribution in [2.24, 2.45) is 0 Å². The second-order valence-corrected chi connectivity index (χ2v) is 6.55. The van der Waals surface area contributed by atoms with E-state index in [0.717, 1.165) is 29.9 Å². The molecule has 1 amide bonds. The zero-order valence-electron chi connectivity index (χ0n) is 12.5. The van der Waals surface area contributed by atoms with E-state index in [-0.39, 0.29) is 12.0 Å². The highest BCUT2D eigenvalue weighted by atomic mass is 32.1. The molecular weight excluding hydrogens is 296 g/mol. The Labute approximate surface area is 134 Å². The summed E-state index contributed by atoms with van der Waals surface area (Å²) in [6, 6.07) is 7.92. The van der Waals surface area contributed by atoms with Crippen molar-refractivity contribution in [3.8, 4) is 0 Å². The molecule has 0 saturated carbocycles. The topological polar surface area (TPSA) is 42.4 Å². The summed E-state index contributed by atoms with van der Waals surface area (Å²) in [4.78, 5) is 19.7. The number of hydrogen-bond acceptors (Lipinski definition) is 4. The minimum absolute atomic E-state index is 0.162. The first-order valence-corrected chi connectivity index (χ1v) is 8.50. The highest BCUT2D eigenvalue weighted by Gasteiger charge is 2.23. The molecule has 0 spiro atoms. The van der Waals surface area contributed by atoms with Gasteiger partial charge in [-0.15, -0.1) is 11.3 Å². The van der Waals surface area contributed by atoms with Crippen molar-refractivity contribution < 1.29 is 9.53 Å². The van der Waals surface area contributed by atoms with Crippen LogP contribution in [0.5, 0.6) is 0 Å². The molecule has 1 unspecified atom stereocenters. The highest BCUT2D eigenvalue weighted by Crippen LogP contribution is 2.17. The first kappa shape index (κ1) is 15.2. The van der Waals surface area contributed by atoms with Crippen LogP contribution in [-0.2, 0) is 22.5 Å². The average molecular weight is 316 g/mol. The van der Waals surface area contributed by atoms with Gasteiger partial charge in [0, 0.05) is 37.0 Å². The lowest BCUT2D eigenvalue weighted by Gasteiger charge is -2.25. The lowest BCUT2D eigenvalue weighted by atomic mass is 10.2. The molecule has 22 heavy (non-hydrogen) atoms. The van der Waals surface area contributed by atoms with E-state index < -0.39 is 0 Å². The van der Waals surface area contributed by atoms with Gasteiger partial charge in [0.2, 0.25) is 5.91 Å². The second-order valence-electron chi connectivity index (χ2n) is 5.52. The van der Waals surface area contributed by atoms with Gasteiger partial charge in [-0.3, -0.25) is 9.78 Å². The molecule has 4 nitrogen and oxygen atoms in total. The first-order chi connectivity index (χ1) is 10.8. The molecule has 1 atom stereocenters. The van der Waals surface area contributed by atoms with Gasteiger partial charge in [-0.25, -0.2) is 0 Å². The summed E-state index contributed by atoms with van der Waals surface area (Å²) >= 11 is 1.63. The van der Waals surface area contributed by atoms with E-state index in [1.54, 1.807) is 23.7 Å². The molecule has 3 heterocycles. The Hall–Kier alpha value is -1.72. The van der Waals surface area contributed by atoms with Gasteiger partial charge < -0.3 is 9.64 Å². The number of carbonyl (C=O) groups is 1. The molecule has 0 aliphatic carbocycles. The molecule has 0 radical (unpaired) electrons.